The van der Waals surface area contributed by atoms with E-state index < -0.39 is 0 Å². The Balaban J connectivity index is 3.89. The molecule has 0 radical (unpaired) electrons. The first-order valence-electron chi connectivity index (χ1n) is 3.45. The summed E-state index contributed by atoms with van der Waals surface area (Å²) in [6.07, 6.45) is 0. The number of thiol groups is 1. The summed E-state index contributed by atoms with van der Waals surface area (Å²) in [6, 6.07) is -0.0802. The molecule has 0 fully saturated rings. The number of nitrogens with one attached hydrogen (secondary N) is 1. The summed E-state index contributed by atoms with van der Waals surface area (Å²) >= 11 is 4.05. The van der Waals surface area contributed by atoms with Crippen LogP contribution in [-0.4, -0.2) is 24.6 Å². The van der Waals surface area contributed by atoms with E-state index in [-0.39, 0.29) is 17.7 Å². The van der Waals surface area contributed by atoms with Crippen LogP contribution >= 0.6 is 12.6 Å². The lowest BCUT2D eigenvalue weighted by atomic mass is 10.0. The first-order chi connectivity index (χ1) is 4.63. The molecule has 60 valence electrons. The third-order valence-corrected chi connectivity index (χ3v) is 1.81. The van der Waals surface area contributed by atoms with Gasteiger partial charge in [0.15, 0.2) is 5.78 Å². The van der Waals surface area contributed by atoms with Gasteiger partial charge in [-0.2, -0.15) is 12.6 Å². The molecule has 0 aromatic carbocycles. The van der Waals surface area contributed by atoms with Crippen LogP contribution < -0.4 is 5.32 Å². The third-order valence-electron chi connectivity index (χ3n) is 1.44. The van der Waals surface area contributed by atoms with Crippen LogP contribution in [-0.2, 0) is 4.79 Å². The highest BCUT2D eigenvalue weighted by Gasteiger charge is 2.16. The van der Waals surface area contributed by atoms with Crippen LogP contribution in [0.15, 0.2) is 0 Å². The number of hydrogen-bond donors (Lipinski definition) is 2. The molecule has 0 bridgehead atoms. The van der Waals surface area contributed by atoms with Crippen LogP contribution in [0, 0.1) is 5.92 Å². The van der Waals surface area contributed by atoms with Gasteiger partial charge in [-0.3, -0.25) is 4.79 Å². The van der Waals surface area contributed by atoms with Crippen molar-refractivity contribution >= 4 is 18.4 Å². The summed E-state index contributed by atoms with van der Waals surface area (Å²) < 4.78 is 0. The number of hydrogen-bond acceptors (Lipinski definition) is 3. The van der Waals surface area contributed by atoms with Gasteiger partial charge in [0.2, 0.25) is 0 Å². The molecule has 0 amide bonds. The first kappa shape index (κ1) is 9.98. The Bertz CT molecular complexity index is 110. The van der Waals surface area contributed by atoms with Gasteiger partial charge in [0.05, 0.1) is 6.04 Å². The third kappa shape index (κ3) is 2.71. The molecule has 10 heavy (non-hydrogen) atoms. The lowest BCUT2D eigenvalue weighted by Crippen LogP contribution is -2.38. The smallest absolute Gasteiger partial charge is 0.153 e. The lowest BCUT2D eigenvalue weighted by molar-refractivity contribution is -0.123. The van der Waals surface area contributed by atoms with E-state index in [4.69, 9.17) is 0 Å². The molecular formula is C7H15NOS. The zero-order valence-electron chi connectivity index (χ0n) is 6.72. The Labute approximate surface area is 67.8 Å². The fourth-order valence-electron chi connectivity index (χ4n) is 0.726. The van der Waals surface area contributed by atoms with Gasteiger partial charge in [0, 0.05) is 11.7 Å². The molecule has 0 rings (SSSR count). The summed E-state index contributed by atoms with van der Waals surface area (Å²) in [6.45, 7) is 3.80. The molecule has 0 aliphatic carbocycles. The number of carbonyl (C=O) groups is 1. The van der Waals surface area contributed by atoms with Crippen molar-refractivity contribution in [1.29, 1.82) is 0 Å². The molecule has 0 saturated heterocycles. The zero-order chi connectivity index (χ0) is 8.15. The van der Waals surface area contributed by atoms with E-state index in [0.717, 1.165) is 0 Å². The predicted molar refractivity (Wildman–Crippen MR) is 46.5 cm³/mol. The molecular weight excluding hydrogens is 146 g/mol. The van der Waals surface area contributed by atoms with Gasteiger partial charge in [0.25, 0.3) is 0 Å². The predicted octanol–water partition coefficient (Wildman–Crippen LogP) is 0.729. The minimum absolute atomic E-state index is 0.0802. The summed E-state index contributed by atoms with van der Waals surface area (Å²) in [5.41, 5.74) is 0. The minimum Gasteiger partial charge on any atom is -0.310 e. The van der Waals surface area contributed by atoms with Crippen molar-refractivity contribution in [3.8, 4) is 0 Å². The second-order valence-corrected chi connectivity index (χ2v) is 2.95. The van der Waals surface area contributed by atoms with Crippen molar-refractivity contribution in [2.24, 2.45) is 5.92 Å². The van der Waals surface area contributed by atoms with Gasteiger partial charge in [-0.25, -0.2) is 0 Å². The van der Waals surface area contributed by atoms with Crippen LogP contribution in [0.5, 0.6) is 0 Å². The van der Waals surface area contributed by atoms with E-state index in [0.29, 0.717) is 5.75 Å². The van der Waals surface area contributed by atoms with Crippen LogP contribution in [0.2, 0.25) is 0 Å². The van der Waals surface area contributed by atoms with E-state index in [1.54, 1.807) is 7.05 Å². The van der Waals surface area contributed by atoms with Crippen molar-refractivity contribution in [2.75, 3.05) is 12.8 Å². The molecule has 0 saturated carbocycles. The SMILES string of the molecule is CN[C@H](CS)C(=O)C(C)C. The van der Waals surface area contributed by atoms with Crippen molar-refractivity contribution in [3.63, 3.8) is 0 Å². The molecule has 3 heteroatoms. The molecule has 0 spiro atoms. The van der Waals surface area contributed by atoms with Crippen molar-refractivity contribution in [3.05, 3.63) is 0 Å². The van der Waals surface area contributed by atoms with Gasteiger partial charge in [0.1, 0.15) is 0 Å². The summed E-state index contributed by atoms with van der Waals surface area (Å²) in [7, 11) is 1.78. The highest BCUT2D eigenvalue weighted by molar-refractivity contribution is 7.80. The Hall–Kier alpha value is -0.0200. The molecule has 0 aliphatic heterocycles. The Morgan fingerprint density at radius 2 is 2.10 bits per heavy atom. The Kier molecular flexibility index (Phi) is 4.73. The lowest BCUT2D eigenvalue weighted by Gasteiger charge is -2.13. The number of likely N-dealkylation sites (N-methyl/N-ethyl adjacent to an activating group) is 1. The van der Waals surface area contributed by atoms with Gasteiger partial charge in [-0.15, -0.1) is 0 Å². The molecule has 0 aliphatic rings. The van der Waals surface area contributed by atoms with Crippen molar-refractivity contribution in [2.45, 2.75) is 19.9 Å². The molecule has 0 heterocycles. The number of ketones is 1. The van der Waals surface area contributed by atoms with Crippen LogP contribution in [0.1, 0.15) is 13.8 Å². The monoisotopic (exact) mass is 161 g/mol. The summed E-state index contributed by atoms with van der Waals surface area (Å²) in [5, 5.41) is 2.91. The number of Topliss-reactive ketones (excluding diaryl/α,β-unsaturated/α-hetero) is 1. The quantitative estimate of drug-likeness (QED) is 0.595. The molecule has 1 atom stereocenters. The fourth-order valence-corrected chi connectivity index (χ4v) is 1.09. The van der Waals surface area contributed by atoms with Gasteiger partial charge >= 0.3 is 0 Å². The first-order valence-corrected chi connectivity index (χ1v) is 4.08. The van der Waals surface area contributed by atoms with Gasteiger partial charge in [-0.1, -0.05) is 13.8 Å². The van der Waals surface area contributed by atoms with Gasteiger partial charge in [-0.05, 0) is 7.05 Å². The van der Waals surface area contributed by atoms with Crippen molar-refractivity contribution < 1.29 is 4.79 Å². The summed E-state index contributed by atoms with van der Waals surface area (Å²) in [4.78, 5) is 11.2. The number of carbonyl (C=O) groups excluding carboxylic acids is 1. The maximum absolute atomic E-state index is 11.2. The van der Waals surface area contributed by atoms with E-state index in [1.807, 2.05) is 13.8 Å². The standard InChI is InChI=1S/C7H15NOS/c1-5(2)7(9)6(4-10)8-3/h5-6,8,10H,4H2,1-3H3/t6-/m1/s1. The highest BCUT2D eigenvalue weighted by Crippen LogP contribution is 2.00. The van der Waals surface area contributed by atoms with Crippen LogP contribution in [0.3, 0.4) is 0 Å². The second-order valence-electron chi connectivity index (χ2n) is 2.58. The fraction of sp³-hybridized carbons (Fsp3) is 0.857. The molecule has 0 unspecified atom stereocenters. The summed E-state index contributed by atoms with van der Waals surface area (Å²) in [5.74, 6) is 0.912. The maximum Gasteiger partial charge on any atom is 0.153 e. The Morgan fingerprint density at radius 3 is 2.20 bits per heavy atom. The molecule has 0 aromatic rings. The zero-order valence-corrected chi connectivity index (χ0v) is 7.61. The Morgan fingerprint density at radius 1 is 1.60 bits per heavy atom. The van der Waals surface area contributed by atoms with E-state index in [9.17, 15) is 4.79 Å². The average Bonchev–Trinajstić information content (AvgIpc) is 1.90. The second kappa shape index (κ2) is 4.74. The molecule has 1 N–H and O–H groups in total. The normalized spacial score (nSPS) is 13.7. The van der Waals surface area contributed by atoms with E-state index >= 15 is 0 Å². The minimum atomic E-state index is -0.0802. The van der Waals surface area contributed by atoms with Crippen LogP contribution in [0.4, 0.5) is 0 Å². The number of rotatable bonds is 4. The van der Waals surface area contributed by atoms with Crippen LogP contribution in [0.25, 0.3) is 0 Å². The largest absolute Gasteiger partial charge is 0.310 e. The highest BCUT2D eigenvalue weighted by atomic mass is 32.1. The van der Waals surface area contributed by atoms with Crippen molar-refractivity contribution in [1.82, 2.24) is 5.32 Å². The topological polar surface area (TPSA) is 29.1 Å². The van der Waals surface area contributed by atoms with E-state index in [2.05, 4.69) is 17.9 Å². The van der Waals surface area contributed by atoms with Gasteiger partial charge < -0.3 is 5.32 Å². The average molecular weight is 161 g/mol. The molecule has 2 nitrogen and oxygen atoms in total. The molecule has 0 aromatic heterocycles. The maximum atomic E-state index is 11.2. The van der Waals surface area contributed by atoms with E-state index in [1.165, 1.54) is 0 Å².